The van der Waals surface area contributed by atoms with E-state index in [0.29, 0.717) is 6.54 Å². The molecule has 0 radical (unpaired) electrons. The molecular weight excluding hydrogens is 228 g/mol. The first-order valence-corrected chi connectivity index (χ1v) is 6.60. The Kier molecular flexibility index (Phi) is 2.71. The molecule has 0 unspecified atom stereocenters. The van der Waals surface area contributed by atoms with Crippen molar-refractivity contribution in [3.63, 3.8) is 0 Å². The molecule has 17 heavy (non-hydrogen) atoms. The number of rotatable bonds is 3. The second-order valence-corrected chi connectivity index (χ2v) is 4.92. The first kappa shape index (κ1) is 10.6. The highest BCUT2D eigenvalue weighted by molar-refractivity contribution is 7.07. The van der Waals surface area contributed by atoms with Crippen molar-refractivity contribution in [2.45, 2.75) is 13.1 Å². The predicted molar refractivity (Wildman–Crippen MR) is 73.3 cm³/mol. The van der Waals surface area contributed by atoms with Crippen molar-refractivity contribution in [3.8, 4) is 0 Å². The molecule has 2 aromatic heterocycles. The number of nitrogens with zero attached hydrogens (tertiary/aromatic N) is 1. The number of hydrogen-bond donors (Lipinski definition) is 1. The van der Waals surface area contributed by atoms with E-state index in [1.807, 2.05) is 0 Å². The topological polar surface area (TPSA) is 30.9 Å². The third kappa shape index (κ3) is 1.88. The highest BCUT2D eigenvalue weighted by atomic mass is 32.1. The average molecular weight is 242 g/mol. The fourth-order valence-electron chi connectivity index (χ4n) is 2.20. The zero-order valence-corrected chi connectivity index (χ0v) is 10.3. The first-order chi connectivity index (χ1) is 8.38. The molecule has 2 heterocycles. The van der Waals surface area contributed by atoms with E-state index in [2.05, 4.69) is 51.9 Å². The smallest absolute Gasteiger partial charge is 0.0486 e. The molecule has 0 aliphatic heterocycles. The Bertz CT molecular complexity index is 623. The van der Waals surface area contributed by atoms with E-state index in [1.54, 1.807) is 11.3 Å². The quantitative estimate of drug-likeness (QED) is 0.751. The summed E-state index contributed by atoms with van der Waals surface area (Å²) in [6.07, 6.45) is 2.17. The largest absolute Gasteiger partial charge is 0.343 e. The lowest BCUT2D eigenvalue weighted by Crippen LogP contribution is -1.97. The molecule has 3 heteroatoms. The lowest BCUT2D eigenvalue weighted by atomic mass is 10.2. The number of para-hydroxylation sites is 1. The fraction of sp³-hybridized carbons (Fsp3) is 0.143. The summed E-state index contributed by atoms with van der Waals surface area (Å²) >= 11 is 1.74. The van der Waals surface area contributed by atoms with Gasteiger partial charge in [0.25, 0.3) is 0 Å². The zero-order chi connectivity index (χ0) is 11.7. The Morgan fingerprint density at radius 1 is 1.18 bits per heavy atom. The number of aromatic nitrogens is 1. The minimum Gasteiger partial charge on any atom is -0.343 e. The van der Waals surface area contributed by atoms with Crippen molar-refractivity contribution in [1.29, 1.82) is 0 Å². The van der Waals surface area contributed by atoms with Crippen LogP contribution in [-0.2, 0) is 13.1 Å². The molecule has 0 aliphatic rings. The first-order valence-electron chi connectivity index (χ1n) is 5.66. The molecule has 0 amide bonds. The van der Waals surface area contributed by atoms with E-state index in [1.165, 1.54) is 22.0 Å². The van der Waals surface area contributed by atoms with E-state index in [4.69, 9.17) is 5.73 Å². The molecule has 2 N–H and O–H groups in total. The molecule has 3 aromatic rings. The summed E-state index contributed by atoms with van der Waals surface area (Å²) in [5.74, 6) is 0. The van der Waals surface area contributed by atoms with Crippen molar-refractivity contribution < 1.29 is 0 Å². The van der Waals surface area contributed by atoms with Crippen molar-refractivity contribution in [1.82, 2.24) is 4.57 Å². The van der Waals surface area contributed by atoms with E-state index < -0.39 is 0 Å². The number of fused-ring (bicyclic) bond motifs is 1. The molecule has 0 fully saturated rings. The molecule has 86 valence electrons. The van der Waals surface area contributed by atoms with Gasteiger partial charge in [0.2, 0.25) is 0 Å². The van der Waals surface area contributed by atoms with Crippen LogP contribution in [0.2, 0.25) is 0 Å². The average Bonchev–Trinajstić information content (AvgIpc) is 2.98. The maximum atomic E-state index is 5.79. The standard InChI is InChI=1S/C14H14N2S/c15-7-12-9-16(8-11-5-6-17-10-11)14-4-2-1-3-13(12)14/h1-6,9-10H,7-8,15H2. The van der Waals surface area contributed by atoms with Gasteiger partial charge in [0.05, 0.1) is 0 Å². The van der Waals surface area contributed by atoms with Crippen LogP contribution in [0, 0.1) is 0 Å². The molecule has 0 aliphatic carbocycles. The molecule has 0 spiro atoms. The summed E-state index contributed by atoms with van der Waals surface area (Å²) in [5, 5.41) is 5.58. The maximum Gasteiger partial charge on any atom is 0.0486 e. The maximum absolute atomic E-state index is 5.79. The molecule has 0 atom stereocenters. The van der Waals surface area contributed by atoms with Gasteiger partial charge in [0.15, 0.2) is 0 Å². The van der Waals surface area contributed by atoms with Crippen LogP contribution < -0.4 is 5.73 Å². The zero-order valence-electron chi connectivity index (χ0n) is 9.47. The number of thiophene rings is 1. The van der Waals surface area contributed by atoms with Crippen LogP contribution in [0.1, 0.15) is 11.1 Å². The molecular formula is C14H14N2S. The molecule has 0 bridgehead atoms. The van der Waals surface area contributed by atoms with Gasteiger partial charge in [-0.3, -0.25) is 0 Å². The van der Waals surface area contributed by atoms with Crippen LogP contribution in [-0.4, -0.2) is 4.57 Å². The second kappa shape index (κ2) is 4.35. The highest BCUT2D eigenvalue weighted by Crippen LogP contribution is 2.22. The van der Waals surface area contributed by atoms with Crippen molar-refractivity contribution in [2.24, 2.45) is 5.73 Å². The summed E-state index contributed by atoms with van der Waals surface area (Å²) in [6.45, 7) is 1.52. The number of benzene rings is 1. The van der Waals surface area contributed by atoms with Crippen LogP contribution in [0.25, 0.3) is 10.9 Å². The summed E-state index contributed by atoms with van der Waals surface area (Å²) in [7, 11) is 0. The van der Waals surface area contributed by atoms with Gasteiger partial charge in [0, 0.05) is 30.2 Å². The summed E-state index contributed by atoms with van der Waals surface area (Å²) in [5.41, 5.74) is 9.62. The Morgan fingerprint density at radius 2 is 2.06 bits per heavy atom. The van der Waals surface area contributed by atoms with Gasteiger partial charge in [-0.05, 0) is 34.0 Å². The van der Waals surface area contributed by atoms with E-state index in [9.17, 15) is 0 Å². The molecule has 0 saturated heterocycles. The number of nitrogens with two attached hydrogens (primary N) is 1. The van der Waals surface area contributed by atoms with Crippen LogP contribution in [0.15, 0.2) is 47.3 Å². The Balaban J connectivity index is 2.10. The second-order valence-electron chi connectivity index (χ2n) is 4.14. The van der Waals surface area contributed by atoms with Crippen LogP contribution in [0.3, 0.4) is 0 Å². The van der Waals surface area contributed by atoms with Crippen LogP contribution in [0.5, 0.6) is 0 Å². The van der Waals surface area contributed by atoms with Crippen LogP contribution in [0.4, 0.5) is 0 Å². The van der Waals surface area contributed by atoms with Gasteiger partial charge in [0.1, 0.15) is 0 Å². The van der Waals surface area contributed by atoms with E-state index >= 15 is 0 Å². The Labute approximate surface area is 104 Å². The molecule has 0 saturated carbocycles. The lowest BCUT2D eigenvalue weighted by Gasteiger charge is -2.02. The minimum absolute atomic E-state index is 0.594. The third-order valence-corrected chi connectivity index (χ3v) is 3.76. The van der Waals surface area contributed by atoms with Gasteiger partial charge in [-0.25, -0.2) is 0 Å². The monoisotopic (exact) mass is 242 g/mol. The SMILES string of the molecule is NCc1cn(Cc2ccsc2)c2ccccc12. The number of hydrogen-bond acceptors (Lipinski definition) is 2. The Hall–Kier alpha value is -1.58. The lowest BCUT2D eigenvalue weighted by molar-refractivity contribution is 0.833. The van der Waals surface area contributed by atoms with Crippen molar-refractivity contribution in [2.75, 3.05) is 0 Å². The minimum atomic E-state index is 0.594. The highest BCUT2D eigenvalue weighted by Gasteiger charge is 2.06. The van der Waals surface area contributed by atoms with Crippen molar-refractivity contribution in [3.05, 3.63) is 58.4 Å². The summed E-state index contributed by atoms with van der Waals surface area (Å²) in [4.78, 5) is 0. The molecule has 2 nitrogen and oxygen atoms in total. The van der Waals surface area contributed by atoms with Crippen LogP contribution >= 0.6 is 11.3 Å². The summed E-state index contributed by atoms with van der Waals surface area (Å²) < 4.78 is 2.28. The molecule has 3 rings (SSSR count). The van der Waals surface area contributed by atoms with Gasteiger partial charge in [-0.1, -0.05) is 18.2 Å². The normalized spacial score (nSPS) is 11.1. The fourth-order valence-corrected chi connectivity index (χ4v) is 2.86. The molecule has 1 aromatic carbocycles. The van der Waals surface area contributed by atoms with Gasteiger partial charge in [-0.15, -0.1) is 0 Å². The third-order valence-electron chi connectivity index (χ3n) is 3.02. The van der Waals surface area contributed by atoms with E-state index in [-0.39, 0.29) is 0 Å². The van der Waals surface area contributed by atoms with Crippen molar-refractivity contribution >= 4 is 22.2 Å². The van der Waals surface area contributed by atoms with E-state index in [0.717, 1.165) is 6.54 Å². The predicted octanol–water partition coefficient (Wildman–Crippen LogP) is 3.21. The Morgan fingerprint density at radius 3 is 2.82 bits per heavy atom. The van der Waals surface area contributed by atoms with Gasteiger partial charge >= 0.3 is 0 Å². The summed E-state index contributed by atoms with van der Waals surface area (Å²) in [6, 6.07) is 10.6. The van der Waals surface area contributed by atoms with Gasteiger partial charge in [-0.2, -0.15) is 11.3 Å². The van der Waals surface area contributed by atoms with Gasteiger partial charge < -0.3 is 10.3 Å².